The maximum Gasteiger partial charge on any atom is 0.289 e. The lowest BCUT2D eigenvalue weighted by Gasteiger charge is -2.46. The van der Waals surface area contributed by atoms with E-state index < -0.39 is 20.6 Å². The highest BCUT2D eigenvalue weighted by Crippen LogP contribution is 2.30. The van der Waals surface area contributed by atoms with Gasteiger partial charge in [-0.2, -0.15) is 0 Å². The molecule has 1 aliphatic rings. The molecule has 23 heavy (non-hydrogen) atoms. The van der Waals surface area contributed by atoms with Crippen molar-refractivity contribution in [2.75, 3.05) is 0 Å². The lowest BCUT2D eigenvalue weighted by atomic mass is 9.80. The van der Waals surface area contributed by atoms with E-state index in [4.69, 9.17) is 0 Å². The van der Waals surface area contributed by atoms with Crippen LogP contribution >= 0.6 is 0 Å². The molecule has 1 aromatic rings. The number of nitrogens with zero attached hydrogens (tertiary/aromatic N) is 1. The average Bonchev–Trinajstić information content (AvgIpc) is 2.34. The molecule has 1 heterocycles. The molecule has 7 nitrogen and oxygen atoms in total. The zero-order valence-electron chi connectivity index (χ0n) is 13.8. The Kier molecular flexibility index (Phi) is 4.53. The molecular formula is C15H23N3O4S. The van der Waals surface area contributed by atoms with Gasteiger partial charge in [-0.25, -0.2) is 13.1 Å². The fourth-order valence-corrected chi connectivity index (χ4v) is 4.93. The molecule has 1 aliphatic heterocycles. The number of para-hydroxylation sites is 1. The van der Waals surface area contributed by atoms with Crippen molar-refractivity contribution in [3.05, 3.63) is 34.4 Å². The zero-order valence-corrected chi connectivity index (χ0v) is 14.6. The van der Waals surface area contributed by atoms with E-state index in [1.807, 2.05) is 27.7 Å². The average molecular weight is 341 g/mol. The van der Waals surface area contributed by atoms with Crippen LogP contribution in [-0.2, 0) is 10.0 Å². The van der Waals surface area contributed by atoms with Crippen molar-refractivity contribution in [2.45, 2.75) is 62.6 Å². The highest BCUT2D eigenvalue weighted by Gasteiger charge is 2.40. The van der Waals surface area contributed by atoms with E-state index in [1.165, 1.54) is 24.3 Å². The smallest absolute Gasteiger partial charge is 0.289 e. The number of nitro benzene ring substituents is 1. The van der Waals surface area contributed by atoms with Gasteiger partial charge in [0.25, 0.3) is 5.69 Å². The second-order valence-electron chi connectivity index (χ2n) is 7.34. The lowest BCUT2D eigenvalue weighted by molar-refractivity contribution is -0.387. The van der Waals surface area contributed by atoms with E-state index in [1.54, 1.807) is 0 Å². The second kappa shape index (κ2) is 5.85. The maximum absolute atomic E-state index is 12.6. The highest BCUT2D eigenvalue weighted by molar-refractivity contribution is 7.89. The van der Waals surface area contributed by atoms with Gasteiger partial charge in [-0.05, 0) is 46.6 Å². The molecule has 0 bridgehead atoms. The molecule has 1 fully saturated rings. The summed E-state index contributed by atoms with van der Waals surface area (Å²) in [5, 5.41) is 14.5. The Hall–Kier alpha value is -1.51. The third-order valence-electron chi connectivity index (χ3n) is 3.86. The fourth-order valence-electron chi connectivity index (χ4n) is 3.52. The Labute approximate surface area is 136 Å². The molecule has 0 spiro atoms. The van der Waals surface area contributed by atoms with Crippen molar-refractivity contribution in [1.82, 2.24) is 10.0 Å². The van der Waals surface area contributed by atoms with Gasteiger partial charge in [0.1, 0.15) is 0 Å². The van der Waals surface area contributed by atoms with Crippen molar-refractivity contribution in [1.29, 1.82) is 0 Å². The maximum atomic E-state index is 12.6. The second-order valence-corrected chi connectivity index (χ2v) is 9.03. The number of sulfonamides is 1. The first-order valence-corrected chi connectivity index (χ1v) is 8.95. The summed E-state index contributed by atoms with van der Waals surface area (Å²) >= 11 is 0. The first-order valence-electron chi connectivity index (χ1n) is 7.47. The fraction of sp³-hybridized carbons (Fsp3) is 0.600. The Bertz CT molecular complexity index is 697. The number of benzene rings is 1. The molecule has 8 heteroatoms. The van der Waals surface area contributed by atoms with E-state index in [9.17, 15) is 18.5 Å². The SMILES string of the molecule is CC1(C)CC(NS(=O)(=O)c2ccccc2[N+](=O)[O-])CC(C)(C)N1. The highest BCUT2D eigenvalue weighted by atomic mass is 32.2. The molecule has 0 unspecified atom stereocenters. The van der Waals surface area contributed by atoms with Crippen LogP contribution in [0.25, 0.3) is 0 Å². The molecule has 1 saturated heterocycles. The lowest BCUT2D eigenvalue weighted by Crippen LogP contribution is -2.62. The van der Waals surface area contributed by atoms with Gasteiger partial charge < -0.3 is 5.32 Å². The van der Waals surface area contributed by atoms with E-state index in [2.05, 4.69) is 10.0 Å². The topological polar surface area (TPSA) is 101 Å². The van der Waals surface area contributed by atoms with Crippen molar-refractivity contribution in [3.8, 4) is 0 Å². The molecule has 0 aliphatic carbocycles. The van der Waals surface area contributed by atoms with Gasteiger partial charge in [0.2, 0.25) is 10.0 Å². The minimum absolute atomic E-state index is 0.225. The van der Waals surface area contributed by atoms with Crippen LogP contribution in [0.5, 0.6) is 0 Å². The van der Waals surface area contributed by atoms with Crippen molar-refractivity contribution in [3.63, 3.8) is 0 Å². The standard InChI is InChI=1S/C15H23N3O4S/c1-14(2)9-11(10-15(3,4)17-14)16-23(21,22)13-8-6-5-7-12(13)18(19)20/h5-8,11,16-17H,9-10H2,1-4H3. The number of piperidine rings is 1. The number of hydrogen-bond acceptors (Lipinski definition) is 5. The summed E-state index contributed by atoms with van der Waals surface area (Å²) in [6.07, 6.45) is 1.21. The predicted molar refractivity (Wildman–Crippen MR) is 87.7 cm³/mol. The first kappa shape index (κ1) is 17.8. The molecule has 0 saturated carbocycles. The Morgan fingerprint density at radius 3 is 2.22 bits per heavy atom. The van der Waals surface area contributed by atoms with Crippen LogP contribution in [-0.4, -0.2) is 30.5 Å². The van der Waals surface area contributed by atoms with Crippen LogP contribution in [0.2, 0.25) is 0 Å². The molecule has 0 aromatic heterocycles. The normalized spacial score (nSPS) is 21.0. The quantitative estimate of drug-likeness (QED) is 0.645. The van der Waals surface area contributed by atoms with Crippen molar-refractivity contribution < 1.29 is 13.3 Å². The summed E-state index contributed by atoms with van der Waals surface area (Å²) in [7, 11) is -3.96. The third-order valence-corrected chi connectivity index (χ3v) is 5.43. The van der Waals surface area contributed by atoms with Crippen LogP contribution in [0.4, 0.5) is 5.69 Å². The van der Waals surface area contributed by atoms with E-state index in [-0.39, 0.29) is 22.0 Å². The molecular weight excluding hydrogens is 318 g/mol. The van der Waals surface area contributed by atoms with Gasteiger partial charge in [-0.1, -0.05) is 12.1 Å². The molecule has 0 radical (unpaired) electrons. The van der Waals surface area contributed by atoms with Gasteiger partial charge in [0.15, 0.2) is 4.90 Å². The molecule has 0 amide bonds. The van der Waals surface area contributed by atoms with Gasteiger partial charge >= 0.3 is 0 Å². The largest absolute Gasteiger partial charge is 0.307 e. The summed E-state index contributed by atoms with van der Waals surface area (Å²) in [6.45, 7) is 8.06. The van der Waals surface area contributed by atoms with E-state index >= 15 is 0 Å². The van der Waals surface area contributed by atoms with Gasteiger partial charge in [0, 0.05) is 23.2 Å². The summed E-state index contributed by atoms with van der Waals surface area (Å²) in [5.74, 6) is 0. The molecule has 1 aromatic carbocycles. The van der Waals surface area contributed by atoms with Crippen LogP contribution in [0.3, 0.4) is 0 Å². The molecule has 0 atom stereocenters. The summed E-state index contributed by atoms with van der Waals surface area (Å²) in [4.78, 5) is 10.1. The van der Waals surface area contributed by atoms with Crippen LogP contribution in [0.1, 0.15) is 40.5 Å². The van der Waals surface area contributed by atoms with Crippen molar-refractivity contribution in [2.24, 2.45) is 0 Å². The molecule has 2 N–H and O–H groups in total. The molecule has 2 rings (SSSR count). The van der Waals surface area contributed by atoms with Crippen molar-refractivity contribution >= 4 is 15.7 Å². The summed E-state index contributed by atoms with van der Waals surface area (Å²) in [5.41, 5.74) is -0.859. The zero-order chi connectivity index (χ0) is 17.5. The monoisotopic (exact) mass is 341 g/mol. The number of nitrogens with one attached hydrogen (secondary N) is 2. The third kappa shape index (κ3) is 4.27. The number of hydrogen-bond donors (Lipinski definition) is 2. The van der Waals surface area contributed by atoms with E-state index in [0.717, 1.165) is 0 Å². The number of nitro groups is 1. The van der Waals surface area contributed by atoms with E-state index in [0.29, 0.717) is 12.8 Å². The van der Waals surface area contributed by atoms with Crippen LogP contribution in [0, 0.1) is 10.1 Å². The summed E-state index contributed by atoms with van der Waals surface area (Å²) in [6, 6.07) is 5.11. The van der Waals surface area contributed by atoms with Gasteiger partial charge in [0.05, 0.1) is 4.92 Å². The van der Waals surface area contributed by atoms with Gasteiger partial charge in [-0.15, -0.1) is 0 Å². The molecule has 128 valence electrons. The Balaban J connectivity index is 2.30. The summed E-state index contributed by atoms with van der Waals surface area (Å²) < 4.78 is 27.9. The van der Waals surface area contributed by atoms with Crippen LogP contribution in [0.15, 0.2) is 29.2 Å². The minimum atomic E-state index is -3.96. The first-order chi connectivity index (χ1) is 10.4. The minimum Gasteiger partial charge on any atom is -0.307 e. The predicted octanol–water partition coefficient (Wildman–Crippen LogP) is 2.18. The van der Waals surface area contributed by atoms with Gasteiger partial charge in [-0.3, -0.25) is 10.1 Å². The Morgan fingerprint density at radius 2 is 1.70 bits per heavy atom. The Morgan fingerprint density at radius 1 is 1.17 bits per heavy atom. The van der Waals surface area contributed by atoms with Crippen LogP contribution < -0.4 is 10.0 Å². The number of rotatable bonds is 4.